The molecule has 0 bridgehead atoms. The second kappa shape index (κ2) is 8.74. The van der Waals surface area contributed by atoms with E-state index in [1.165, 1.54) is 0 Å². The van der Waals surface area contributed by atoms with Gasteiger partial charge in [-0.1, -0.05) is 6.92 Å². The number of sulfonamides is 1. The van der Waals surface area contributed by atoms with Crippen LogP contribution in [0.1, 0.15) is 42.6 Å². The van der Waals surface area contributed by atoms with Crippen LogP contribution in [0.15, 0.2) is 36.5 Å². The van der Waals surface area contributed by atoms with E-state index in [2.05, 4.69) is 10.4 Å². The molecule has 0 atom stereocenters. The Morgan fingerprint density at radius 3 is 2.50 bits per heavy atom. The first-order valence-corrected chi connectivity index (χ1v) is 11.0. The zero-order chi connectivity index (χ0) is 20.1. The first kappa shape index (κ1) is 20.3. The molecule has 1 amide bonds. The summed E-state index contributed by atoms with van der Waals surface area (Å²) < 4.78 is 32.9. The van der Waals surface area contributed by atoms with Crippen LogP contribution in [0.3, 0.4) is 0 Å². The molecule has 2 aromatic rings. The van der Waals surface area contributed by atoms with E-state index >= 15 is 0 Å². The Balaban J connectivity index is 1.65. The van der Waals surface area contributed by atoms with Gasteiger partial charge >= 0.3 is 0 Å². The molecule has 0 aliphatic carbocycles. The number of nitrogens with one attached hydrogen (secondary N) is 1. The summed E-state index contributed by atoms with van der Waals surface area (Å²) in [5.41, 5.74) is 0.522. The lowest BCUT2D eigenvalue weighted by Gasteiger charge is -2.32. The van der Waals surface area contributed by atoms with Gasteiger partial charge in [0, 0.05) is 24.7 Å². The van der Waals surface area contributed by atoms with Gasteiger partial charge in [-0.05, 0) is 43.5 Å². The van der Waals surface area contributed by atoms with Crippen molar-refractivity contribution in [2.45, 2.75) is 32.2 Å². The molecule has 0 unspecified atom stereocenters. The first-order valence-electron chi connectivity index (χ1n) is 9.41. The lowest BCUT2D eigenvalue weighted by molar-refractivity contribution is 0.102. The summed E-state index contributed by atoms with van der Waals surface area (Å²) in [6.45, 7) is 2.81. The maximum absolute atomic E-state index is 12.5. The molecule has 0 spiro atoms. The Morgan fingerprint density at radius 2 is 1.89 bits per heavy atom. The first-order chi connectivity index (χ1) is 13.4. The number of aromatic nitrogens is 2. The Bertz CT molecular complexity index is 900. The predicted molar refractivity (Wildman–Crippen MR) is 107 cm³/mol. The molecule has 3 rings (SSSR count). The molecule has 1 fully saturated rings. The number of hydrogen-bond donors (Lipinski definition) is 1. The second-order valence-electron chi connectivity index (χ2n) is 6.79. The number of anilines is 1. The second-order valence-corrected chi connectivity index (χ2v) is 8.88. The SMILES string of the molecule is CCCS(=O)(=O)N1CCC(n2nccc2NC(=O)c2ccc(OC)cc2)CC1. The maximum atomic E-state index is 12.5. The van der Waals surface area contributed by atoms with Crippen molar-refractivity contribution >= 4 is 21.7 Å². The van der Waals surface area contributed by atoms with Crippen molar-refractivity contribution in [3.63, 3.8) is 0 Å². The van der Waals surface area contributed by atoms with Gasteiger partial charge in [0.15, 0.2) is 0 Å². The van der Waals surface area contributed by atoms with E-state index < -0.39 is 10.0 Å². The number of carbonyl (C=O) groups is 1. The van der Waals surface area contributed by atoms with E-state index in [0.29, 0.717) is 49.5 Å². The zero-order valence-corrected chi connectivity index (χ0v) is 17.0. The van der Waals surface area contributed by atoms with Crippen molar-refractivity contribution in [2.24, 2.45) is 0 Å². The summed E-state index contributed by atoms with van der Waals surface area (Å²) in [5, 5.41) is 7.24. The molecule has 1 aromatic carbocycles. The van der Waals surface area contributed by atoms with Crippen LogP contribution in [0.4, 0.5) is 5.82 Å². The topological polar surface area (TPSA) is 93.5 Å². The summed E-state index contributed by atoms with van der Waals surface area (Å²) in [7, 11) is -1.60. The van der Waals surface area contributed by atoms with Crippen LogP contribution in [-0.2, 0) is 10.0 Å². The Morgan fingerprint density at radius 1 is 1.21 bits per heavy atom. The average Bonchev–Trinajstić information content (AvgIpc) is 3.16. The minimum Gasteiger partial charge on any atom is -0.497 e. The molecule has 8 nitrogen and oxygen atoms in total. The van der Waals surface area contributed by atoms with Crippen LogP contribution in [-0.4, -0.2) is 54.4 Å². The number of piperidine rings is 1. The molecule has 152 valence electrons. The number of amides is 1. The Hall–Kier alpha value is -2.39. The molecule has 28 heavy (non-hydrogen) atoms. The van der Waals surface area contributed by atoms with Crippen LogP contribution in [0.25, 0.3) is 0 Å². The van der Waals surface area contributed by atoms with Gasteiger partial charge in [0.25, 0.3) is 5.91 Å². The van der Waals surface area contributed by atoms with Gasteiger partial charge in [0.2, 0.25) is 10.0 Å². The van der Waals surface area contributed by atoms with Gasteiger partial charge in [-0.3, -0.25) is 4.79 Å². The third-order valence-corrected chi connectivity index (χ3v) is 6.96. The molecular weight excluding hydrogens is 380 g/mol. The highest BCUT2D eigenvalue weighted by atomic mass is 32.2. The van der Waals surface area contributed by atoms with Gasteiger partial charge in [-0.15, -0.1) is 0 Å². The number of hydrogen-bond acceptors (Lipinski definition) is 5. The number of methoxy groups -OCH3 is 1. The highest BCUT2D eigenvalue weighted by molar-refractivity contribution is 7.89. The minimum atomic E-state index is -3.17. The third-order valence-electron chi connectivity index (χ3n) is 4.89. The average molecular weight is 407 g/mol. The normalized spacial score (nSPS) is 16.1. The van der Waals surface area contributed by atoms with Crippen LogP contribution < -0.4 is 10.1 Å². The quantitative estimate of drug-likeness (QED) is 0.763. The number of carbonyl (C=O) groups excluding carboxylic acids is 1. The van der Waals surface area contributed by atoms with Gasteiger partial charge in [0.05, 0.1) is 25.1 Å². The fraction of sp³-hybridized carbons (Fsp3) is 0.474. The Labute approximate surface area is 165 Å². The summed E-state index contributed by atoms with van der Waals surface area (Å²) >= 11 is 0. The van der Waals surface area contributed by atoms with Crippen molar-refractivity contribution in [1.29, 1.82) is 0 Å². The van der Waals surface area contributed by atoms with Gasteiger partial charge < -0.3 is 10.1 Å². The van der Waals surface area contributed by atoms with Gasteiger partial charge in [-0.2, -0.15) is 5.10 Å². The summed E-state index contributed by atoms with van der Waals surface area (Å²) in [6.07, 6.45) is 3.58. The van der Waals surface area contributed by atoms with Crippen molar-refractivity contribution in [3.8, 4) is 5.75 Å². The number of ether oxygens (including phenoxy) is 1. The van der Waals surface area contributed by atoms with Crippen molar-refractivity contribution in [2.75, 3.05) is 31.3 Å². The molecule has 1 aliphatic rings. The maximum Gasteiger partial charge on any atom is 0.256 e. The van der Waals surface area contributed by atoms with Crippen LogP contribution in [0, 0.1) is 0 Å². The number of benzene rings is 1. The molecule has 1 N–H and O–H groups in total. The Kier molecular flexibility index (Phi) is 6.35. The molecule has 2 heterocycles. The number of nitrogens with zero attached hydrogens (tertiary/aromatic N) is 3. The van der Waals surface area contributed by atoms with Crippen molar-refractivity contribution < 1.29 is 17.9 Å². The van der Waals surface area contributed by atoms with E-state index in [1.54, 1.807) is 52.6 Å². The third kappa shape index (κ3) is 4.53. The molecule has 1 aliphatic heterocycles. The molecular formula is C19H26N4O4S. The molecule has 1 aromatic heterocycles. The van der Waals surface area contributed by atoms with Crippen molar-refractivity contribution in [3.05, 3.63) is 42.1 Å². The summed E-state index contributed by atoms with van der Waals surface area (Å²) in [6, 6.07) is 8.67. The van der Waals surface area contributed by atoms with Crippen molar-refractivity contribution in [1.82, 2.24) is 14.1 Å². The highest BCUT2D eigenvalue weighted by Crippen LogP contribution is 2.27. The standard InChI is InChI=1S/C19H26N4O4S/c1-3-14-28(25,26)22-12-9-16(10-13-22)23-18(8-11-20-23)21-19(24)15-4-6-17(27-2)7-5-15/h4-8,11,16H,3,9-10,12-14H2,1-2H3,(H,21,24). The molecule has 0 saturated carbocycles. The summed E-state index contributed by atoms with van der Waals surface area (Å²) in [4.78, 5) is 12.5. The molecule has 1 saturated heterocycles. The monoisotopic (exact) mass is 406 g/mol. The van der Waals surface area contributed by atoms with E-state index in [1.807, 2.05) is 6.92 Å². The molecule has 9 heteroatoms. The zero-order valence-electron chi connectivity index (χ0n) is 16.2. The van der Waals surface area contributed by atoms with Crippen LogP contribution in [0.5, 0.6) is 5.75 Å². The van der Waals surface area contributed by atoms with E-state index in [0.717, 1.165) is 0 Å². The van der Waals surface area contributed by atoms with E-state index in [4.69, 9.17) is 4.74 Å². The van der Waals surface area contributed by atoms with E-state index in [9.17, 15) is 13.2 Å². The smallest absolute Gasteiger partial charge is 0.256 e. The van der Waals surface area contributed by atoms with E-state index in [-0.39, 0.29) is 17.7 Å². The van der Waals surface area contributed by atoms with Gasteiger partial charge in [0.1, 0.15) is 11.6 Å². The van der Waals surface area contributed by atoms with Crippen LogP contribution >= 0.6 is 0 Å². The predicted octanol–water partition coefficient (Wildman–Crippen LogP) is 2.52. The van der Waals surface area contributed by atoms with Gasteiger partial charge in [-0.25, -0.2) is 17.4 Å². The minimum absolute atomic E-state index is 0.0502. The fourth-order valence-corrected chi connectivity index (χ4v) is 4.93. The lowest BCUT2D eigenvalue weighted by Crippen LogP contribution is -2.40. The lowest BCUT2D eigenvalue weighted by atomic mass is 10.1. The fourth-order valence-electron chi connectivity index (χ4n) is 3.39. The number of rotatable bonds is 7. The van der Waals surface area contributed by atoms with Crippen LogP contribution in [0.2, 0.25) is 0 Å². The molecule has 0 radical (unpaired) electrons. The highest BCUT2D eigenvalue weighted by Gasteiger charge is 2.29. The summed E-state index contributed by atoms with van der Waals surface area (Å²) in [5.74, 6) is 1.25. The largest absolute Gasteiger partial charge is 0.497 e.